The molecule has 0 unspecified atom stereocenters. The van der Waals surface area contributed by atoms with Crippen LogP contribution in [0.2, 0.25) is 0 Å². The van der Waals surface area contributed by atoms with E-state index in [1.54, 1.807) is 6.07 Å². The van der Waals surface area contributed by atoms with Gasteiger partial charge in [0.15, 0.2) is 5.58 Å². The maximum atomic E-state index is 13.3. The number of anilines is 2. The number of benzene rings is 2. The van der Waals surface area contributed by atoms with E-state index in [4.69, 9.17) is 4.42 Å². The first-order chi connectivity index (χ1) is 12.5. The lowest BCUT2D eigenvalue weighted by Gasteiger charge is -2.41. The molecule has 0 atom stereocenters. The summed E-state index contributed by atoms with van der Waals surface area (Å²) in [7, 11) is -3.75. The molecule has 0 bridgehead atoms. The van der Waals surface area contributed by atoms with Crippen LogP contribution in [-0.4, -0.2) is 33.0 Å². The van der Waals surface area contributed by atoms with Gasteiger partial charge in [-0.2, -0.15) is 0 Å². The van der Waals surface area contributed by atoms with E-state index in [0.29, 0.717) is 18.6 Å². The van der Waals surface area contributed by atoms with Crippen molar-refractivity contribution in [3.63, 3.8) is 0 Å². The number of sulfonamides is 1. The van der Waals surface area contributed by atoms with E-state index >= 15 is 0 Å². The van der Waals surface area contributed by atoms with Crippen molar-refractivity contribution in [1.82, 2.24) is 4.98 Å². The lowest BCUT2D eigenvalue weighted by atomic mass is 9.99. The molecule has 2 aliphatic rings. The van der Waals surface area contributed by atoms with Crippen molar-refractivity contribution in [3.8, 4) is 0 Å². The Morgan fingerprint density at radius 3 is 2.85 bits per heavy atom. The van der Waals surface area contributed by atoms with Crippen LogP contribution in [0.1, 0.15) is 12.0 Å². The monoisotopic (exact) mass is 371 g/mol. The highest BCUT2D eigenvalue weighted by molar-refractivity contribution is 7.92. The predicted molar refractivity (Wildman–Crippen MR) is 98.3 cm³/mol. The molecular formula is C18H17N3O4S. The number of rotatable bonds is 2. The average Bonchev–Trinajstić information content (AvgIpc) is 3.01. The van der Waals surface area contributed by atoms with Crippen LogP contribution < -0.4 is 15.0 Å². The molecule has 0 fully saturated rings. The molecule has 0 radical (unpaired) electrons. The topological polar surface area (TPSA) is 86.6 Å². The number of nitrogens with one attached hydrogen (secondary N) is 1. The van der Waals surface area contributed by atoms with Crippen molar-refractivity contribution >= 4 is 32.5 Å². The zero-order valence-corrected chi connectivity index (χ0v) is 14.8. The Kier molecular flexibility index (Phi) is 3.21. The zero-order chi connectivity index (χ0) is 17.9. The number of oxazole rings is 1. The Morgan fingerprint density at radius 2 is 1.96 bits per heavy atom. The summed E-state index contributed by atoms with van der Waals surface area (Å²) in [5.41, 5.74) is 3.67. The molecule has 0 saturated carbocycles. The second kappa shape index (κ2) is 5.38. The van der Waals surface area contributed by atoms with Crippen molar-refractivity contribution in [2.45, 2.75) is 17.7 Å². The number of hydrogen-bond donors (Lipinski definition) is 1. The molecule has 0 aliphatic carbocycles. The Bertz CT molecular complexity index is 1180. The van der Waals surface area contributed by atoms with Crippen LogP contribution in [0, 0.1) is 0 Å². The van der Waals surface area contributed by atoms with Gasteiger partial charge < -0.3 is 9.32 Å². The Balaban J connectivity index is 1.65. The van der Waals surface area contributed by atoms with Gasteiger partial charge >= 0.3 is 5.76 Å². The molecule has 3 aromatic rings. The minimum atomic E-state index is -3.75. The van der Waals surface area contributed by atoms with Crippen molar-refractivity contribution in [1.29, 1.82) is 0 Å². The van der Waals surface area contributed by atoms with E-state index in [1.165, 1.54) is 22.0 Å². The summed E-state index contributed by atoms with van der Waals surface area (Å²) in [6, 6.07) is 10.3. The van der Waals surface area contributed by atoms with Crippen molar-refractivity contribution in [2.75, 3.05) is 28.8 Å². The minimum Gasteiger partial charge on any atom is -0.408 e. The van der Waals surface area contributed by atoms with E-state index in [1.807, 2.05) is 12.1 Å². The number of aromatic amines is 1. The maximum absolute atomic E-state index is 13.3. The zero-order valence-electron chi connectivity index (χ0n) is 13.9. The molecule has 8 heteroatoms. The van der Waals surface area contributed by atoms with Gasteiger partial charge in [-0.15, -0.1) is 0 Å². The number of aryl methyl sites for hydroxylation is 1. The highest BCUT2D eigenvalue weighted by Gasteiger charge is 2.34. The number of fused-ring (bicyclic) bond motifs is 1. The molecule has 1 N–H and O–H groups in total. The van der Waals surface area contributed by atoms with Crippen molar-refractivity contribution < 1.29 is 12.8 Å². The molecule has 5 rings (SSSR count). The fraction of sp³-hybridized carbons (Fsp3) is 0.278. The van der Waals surface area contributed by atoms with Gasteiger partial charge in [-0.25, -0.2) is 13.2 Å². The summed E-state index contributed by atoms with van der Waals surface area (Å²) >= 11 is 0. The molecule has 26 heavy (non-hydrogen) atoms. The Labute approximate surface area is 149 Å². The molecule has 0 amide bonds. The predicted octanol–water partition coefficient (Wildman–Crippen LogP) is 2.08. The third kappa shape index (κ3) is 2.18. The molecule has 2 aliphatic heterocycles. The van der Waals surface area contributed by atoms with Crippen LogP contribution in [0.5, 0.6) is 0 Å². The smallest absolute Gasteiger partial charge is 0.408 e. The van der Waals surface area contributed by atoms with Gasteiger partial charge in [-0.3, -0.25) is 9.29 Å². The van der Waals surface area contributed by atoms with Gasteiger partial charge in [-0.05, 0) is 36.6 Å². The molecule has 7 nitrogen and oxygen atoms in total. The van der Waals surface area contributed by atoms with Gasteiger partial charge in [0.25, 0.3) is 10.0 Å². The molecule has 0 saturated heterocycles. The first-order valence-electron chi connectivity index (χ1n) is 8.56. The van der Waals surface area contributed by atoms with E-state index < -0.39 is 15.8 Å². The number of para-hydroxylation sites is 1. The summed E-state index contributed by atoms with van der Waals surface area (Å²) in [4.78, 5) is 16.3. The molecule has 0 spiro atoms. The molecule has 3 heterocycles. The quantitative estimate of drug-likeness (QED) is 0.745. The highest BCUT2D eigenvalue weighted by Crippen LogP contribution is 2.41. The molecule has 2 aromatic carbocycles. The van der Waals surface area contributed by atoms with Crippen LogP contribution in [0.15, 0.2) is 50.5 Å². The minimum absolute atomic E-state index is 0.120. The lowest BCUT2D eigenvalue weighted by molar-refractivity contribution is 0.553. The summed E-state index contributed by atoms with van der Waals surface area (Å²) in [5.74, 6) is -0.597. The fourth-order valence-electron chi connectivity index (χ4n) is 3.94. The van der Waals surface area contributed by atoms with Crippen molar-refractivity contribution in [3.05, 3.63) is 52.5 Å². The van der Waals surface area contributed by atoms with Crippen LogP contribution >= 0.6 is 0 Å². The second-order valence-electron chi connectivity index (χ2n) is 6.63. The summed E-state index contributed by atoms with van der Waals surface area (Å²) in [6.45, 7) is 2.02. The normalized spacial score (nSPS) is 16.8. The molecule has 134 valence electrons. The molecule has 1 aromatic heterocycles. The number of nitrogens with zero attached hydrogens (tertiary/aromatic N) is 2. The lowest BCUT2D eigenvalue weighted by Crippen LogP contribution is -2.46. The third-order valence-corrected chi connectivity index (χ3v) is 6.92. The van der Waals surface area contributed by atoms with Crippen molar-refractivity contribution in [2.24, 2.45) is 0 Å². The van der Waals surface area contributed by atoms with Gasteiger partial charge in [0.05, 0.1) is 28.3 Å². The Hall–Kier alpha value is -2.74. The SMILES string of the molecule is O=c1[nH]c2ccc(S(=O)(=O)N3CCN4CCCc5cccc3c54)cc2o1. The van der Waals surface area contributed by atoms with Crippen LogP contribution in [0.25, 0.3) is 11.1 Å². The van der Waals surface area contributed by atoms with Gasteiger partial charge in [-0.1, -0.05) is 12.1 Å². The van der Waals surface area contributed by atoms with E-state index in [0.717, 1.165) is 30.8 Å². The molecular weight excluding hydrogens is 354 g/mol. The summed E-state index contributed by atoms with van der Waals surface area (Å²) in [5, 5.41) is 0. The standard InChI is InChI=1S/C18H17N3O4S/c22-18-19-14-7-6-13(11-16(14)25-18)26(23,24)21-10-9-20-8-2-4-12-3-1-5-15(21)17(12)20/h1,3,5-7,11H,2,4,8-10H2,(H,19,22). The van der Waals surface area contributed by atoms with E-state index in [-0.39, 0.29) is 10.5 Å². The van der Waals surface area contributed by atoms with Gasteiger partial charge in [0.1, 0.15) is 0 Å². The fourth-order valence-corrected chi connectivity index (χ4v) is 5.42. The summed E-state index contributed by atoms with van der Waals surface area (Å²) in [6.07, 6.45) is 2.06. The Morgan fingerprint density at radius 1 is 1.08 bits per heavy atom. The number of H-pyrrole nitrogens is 1. The third-order valence-electron chi connectivity index (χ3n) is 5.11. The summed E-state index contributed by atoms with van der Waals surface area (Å²) < 4.78 is 33.1. The van der Waals surface area contributed by atoms with Gasteiger partial charge in [0.2, 0.25) is 0 Å². The first-order valence-corrected chi connectivity index (χ1v) is 10.0. The maximum Gasteiger partial charge on any atom is 0.417 e. The first kappa shape index (κ1) is 15.5. The average molecular weight is 371 g/mol. The number of hydrogen-bond acceptors (Lipinski definition) is 5. The van der Waals surface area contributed by atoms with E-state index in [9.17, 15) is 13.2 Å². The van der Waals surface area contributed by atoms with Crippen LogP contribution in [0.4, 0.5) is 11.4 Å². The highest BCUT2D eigenvalue weighted by atomic mass is 32.2. The van der Waals surface area contributed by atoms with Crippen LogP contribution in [0.3, 0.4) is 0 Å². The second-order valence-corrected chi connectivity index (χ2v) is 8.49. The van der Waals surface area contributed by atoms with Crippen LogP contribution in [-0.2, 0) is 16.4 Å². The largest absolute Gasteiger partial charge is 0.417 e. The van der Waals surface area contributed by atoms with E-state index in [2.05, 4.69) is 16.0 Å². The van der Waals surface area contributed by atoms with Gasteiger partial charge in [0, 0.05) is 19.2 Å². The number of aromatic nitrogens is 1.